The molecule has 0 aliphatic heterocycles. The molecule has 0 saturated heterocycles. The van der Waals surface area contributed by atoms with Gasteiger partial charge in [-0.3, -0.25) is 0 Å². The first-order valence-electron chi connectivity index (χ1n) is 24.9. The van der Waals surface area contributed by atoms with Crippen molar-refractivity contribution in [1.29, 1.82) is 0 Å². The third-order valence-corrected chi connectivity index (χ3v) is 14.7. The van der Waals surface area contributed by atoms with Gasteiger partial charge in [-0.25, -0.2) is 0 Å². The molecule has 13 rings (SSSR count). The van der Waals surface area contributed by atoms with Gasteiger partial charge >= 0.3 is 0 Å². The second-order valence-electron chi connectivity index (χ2n) is 18.8. The molecule has 72 heavy (non-hydrogen) atoms. The summed E-state index contributed by atoms with van der Waals surface area (Å²) < 4.78 is 0. The fourth-order valence-electron chi connectivity index (χ4n) is 11.4. The molecule has 0 aromatic heterocycles. The third kappa shape index (κ3) is 7.42. The molecule has 0 heterocycles. The lowest BCUT2D eigenvalue weighted by atomic mass is 9.67. The van der Waals surface area contributed by atoms with Crippen LogP contribution in [0.5, 0.6) is 0 Å². The average molecular weight is 916 g/mol. The minimum atomic E-state index is -0.464. The summed E-state index contributed by atoms with van der Waals surface area (Å²) in [6.45, 7) is 0. The van der Waals surface area contributed by atoms with Crippen LogP contribution in [0.15, 0.2) is 297 Å². The number of fused-ring (bicyclic) bond motifs is 4. The molecule has 0 bridgehead atoms. The van der Waals surface area contributed by atoms with E-state index in [1.807, 2.05) is 0 Å². The average Bonchev–Trinajstić information content (AvgIpc) is 3.78. The van der Waals surface area contributed by atoms with E-state index in [-0.39, 0.29) is 0 Å². The Morgan fingerprint density at radius 2 is 0.653 bits per heavy atom. The second-order valence-corrected chi connectivity index (χ2v) is 18.8. The van der Waals surface area contributed by atoms with Gasteiger partial charge in [0.1, 0.15) is 0 Å². The Morgan fingerprint density at radius 3 is 1.35 bits per heavy atom. The highest BCUT2D eigenvalue weighted by atomic mass is 15.1. The highest BCUT2D eigenvalue weighted by molar-refractivity contribution is 5.98. The van der Waals surface area contributed by atoms with E-state index in [4.69, 9.17) is 0 Å². The fraction of sp³-hybridized carbons (Fsp3) is 0.0141. The number of rotatable bonds is 10. The zero-order valence-electron chi connectivity index (χ0n) is 39.7. The number of nitrogens with zero attached hydrogens (tertiary/aromatic N) is 1. The molecule has 12 aromatic carbocycles. The van der Waals surface area contributed by atoms with Crippen molar-refractivity contribution < 1.29 is 0 Å². The lowest BCUT2D eigenvalue weighted by molar-refractivity contribution is 0.768. The van der Waals surface area contributed by atoms with E-state index >= 15 is 0 Å². The summed E-state index contributed by atoms with van der Waals surface area (Å²) in [7, 11) is 0. The van der Waals surface area contributed by atoms with E-state index < -0.39 is 5.41 Å². The van der Waals surface area contributed by atoms with Crippen LogP contribution in [0.3, 0.4) is 0 Å². The normalized spacial score (nSPS) is 12.3. The van der Waals surface area contributed by atoms with Crippen LogP contribution < -0.4 is 4.90 Å². The van der Waals surface area contributed by atoms with E-state index in [9.17, 15) is 0 Å². The minimum absolute atomic E-state index is 0.464. The zero-order valence-corrected chi connectivity index (χ0v) is 39.7. The minimum Gasteiger partial charge on any atom is -0.310 e. The second kappa shape index (κ2) is 18.2. The molecule has 1 aliphatic carbocycles. The molecular formula is C71H49N. The summed E-state index contributed by atoms with van der Waals surface area (Å²) in [6.07, 6.45) is 0. The summed E-state index contributed by atoms with van der Waals surface area (Å²) in [4.78, 5) is 2.41. The van der Waals surface area contributed by atoms with Gasteiger partial charge in [0.05, 0.1) is 5.41 Å². The topological polar surface area (TPSA) is 3.24 Å². The van der Waals surface area contributed by atoms with Crippen molar-refractivity contribution in [3.63, 3.8) is 0 Å². The Balaban J connectivity index is 0.925. The van der Waals surface area contributed by atoms with Crippen molar-refractivity contribution >= 4 is 27.8 Å². The van der Waals surface area contributed by atoms with Crippen molar-refractivity contribution in [2.45, 2.75) is 5.41 Å². The standard InChI is InChI=1S/C71H49N/c1-4-19-50(20-5-1)55-23-14-24-56(47-55)58-26-16-32-63(49-58)72(62-31-15-25-57(48-62)51-39-41-53(42-40-51)65-35-17-22-52-21-10-11-33-64(52)65)61-45-43-54(44-46-61)66-36-18-38-69-70(66)67-34-12-13-37-68(67)71(69,59-27-6-2-7-28-59)60-29-8-3-9-30-60/h1-49H. The molecule has 0 unspecified atom stereocenters. The fourth-order valence-corrected chi connectivity index (χ4v) is 11.4. The van der Waals surface area contributed by atoms with Gasteiger partial charge in [0.15, 0.2) is 0 Å². The maximum Gasteiger partial charge on any atom is 0.0713 e. The Bertz CT molecular complexity index is 3850. The van der Waals surface area contributed by atoms with E-state index in [0.717, 1.165) is 28.2 Å². The van der Waals surface area contributed by atoms with Crippen LogP contribution in [0.1, 0.15) is 22.3 Å². The molecule has 12 aromatic rings. The lowest BCUT2D eigenvalue weighted by Gasteiger charge is -2.34. The van der Waals surface area contributed by atoms with Crippen LogP contribution in [-0.4, -0.2) is 0 Å². The molecule has 338 valence electrons. The molecule has 1 aliphatic rings. The first kappa shape index (κ1) is 42.8. The van der Waals surface area contributed by atoms with E-state index in [0.29, 0.717) is 0 Å². The van der Waals surface area contributed by atoms with Crippen molar-refractivity contribution in [2.75, 3.05) is 4.90 Å². The van der Waals surface area contributed by atoms with Gasteiger partial charge in [-0.15, -0.1) is 0 Å². The molecule has 0 saturated carbocycles. The van der Waals surface area contributed by atoms with Crippen molar-refractivity contribution in [3.8, 4) is 66.8 Å². The highest BCUT2D eigenvalue weighted by Crippen LogP contribution is 2.58. The Labute approximate surface area is 422 Å². The van der Waals surface area contributed by atoms with E-state index in [1.165, 1.54) is 88.7 Å². The maximum absolute atomic E-state index is 2.41. The molecule has 0 amide bonds. The SMILES string of the molecule is c1ccc(-c2cccc(-c3cccc(N(c4ccc(-c5cccc6c5-c5ccccc5C6(c5ccccc5)c5ccccc5)cc4)c4cccc(-c5ccc(-c6cccc7ccccc67)cc5)c4)c3)c2)cc1. The quantitative estimate of drug-likeness (QED) is 0.132. The Kier molecular flexibility index (Phi) is 10.8. The first-order chi connectivity index (χ1) is 35.7. The molecule has 0 N–H and O–H groups in total. The number of hydrogen-bond donors (Lipinski definition) is 0. The van der Waals surface area contributed by atoms with Crippen LogP contribution in [0, 0.1) is 0 Å². The van der Waals surface area contributed by atoms with Gasteiger partial charge in [-0.2, -0.15) is 0 Å². The lowest BCUT2D eigenvalue weighted by Crippen LogP contribution is -2.28. The monoisotopic (exact) mass is 915 g/mol. The van der Waals surface area contributed by atoms with E-state index in [2.05, 4.69) is 302 Å². The summed E-state index contributed by atoms with van der Waals surface area (Å²) in [6, 6.07) is 109. The zero-order chi connectivity index (χ0) is 47.8. The molecular weight excluding hydrogens is 867 g/mol. The highest BCUT2D eigenvalue weighted by Gasteiger charge is 2.46. The predicted molar refractivity (Wildman–Crippen MR) is 303 cm³/mol. The van der Waals surface area contributed by atoms with Crippen molar-refractivity contribution in [2.24, 2.45) is 0 Å². The first-order valence-corrected chi connectivity index (χ1v) is 24.9. The van der Waals surface area contributed by atoms with Gasteiger partial charge in [0, 0.05) is 17.1 Å². The largest absolute Gasteiger partial charge is 0.310 e. The smallest absolute Gasteiger partial charge is 0.0713 e. The number of anilines is 3. The molecule has 1 heteroatoms. The van der Waals surface area contributed by atoms with Gasteiger partial charge in [0.2, 0.25) is 0 Å². The van der Waals surface area contributed by atoms with E-state index in [1.54, 1.807) is 0 Å². The Hall–Kier alpha value is -9.30. The van der Waals surface area contributed by atoms with Gasteiger partial charge < -0.3 is 4.90 Å². The number of hydrogen-bond acceptors (Lipinski definition) is 1. The summed E-state index contributed by atoms with van der Waals surface area (Å²) in [5.41, 5.74) is 22.4. The summed E-state index contributed by atoms with van der Waals surface area (Å²) >= 11 is 0. The van der Waals surface area contributed by atoms with Gasteiger partial charge in [-0.05, 0) is 142 Å². The Morgan fingerprint density at radius 1 is 0.236 bits per heavy atom. The molecule has 0 atom stereocenters. The summed E-state index contributed by atoms with van der Waals surface area (Å²) in [5.74, 6) is 0. The molecule has 0 spiro atoms. The van der Waals surface area contributed by atoms with Crippen LogP contribution in [0.4, 0.5) is 17.1 Å². The van der Waals surface area contributed by atoms with Crippen LogP contribution in [0.2, 0.25) is 0 Å². The van der Waals surface area contributed by atoms with Crippen molar-refractivity contribution in [1.82, 2.24) is 0 Å². The molecule has 1 nitrogen and oxygen atoms in total. The molecule has 0 fully saturated rings. The molecule has 0 radical (unpaired) electrons. The van der Waals surface area contributed by atoms with Gasteiger partial charge in [0.25, 0.3) is 0 Å². The predicted octanol–water partition coefficient (Wildman–Crippen LogP) is 19.0. The third-order valence-electron chi connectivity index (χ3n) is 14.7. The van der Waals surface area contributed by atoms with Crippen LogP contribution in [0.25, 0.3) is 77.5 Å². The van der Waals surface area contributed by atoms with Crippen molar-refractivity contribution in [3.05, 3.63) is 320 Å². The van der Waals surface area contributed by atoms with Gasteiger partial charge in [-0.1, -0.05) is 255 Å². The maximum atomic E-state index is 2.41. The summed E-state index contributed by atoms with van der Waals surface area (Å²) in [5, 5.41) is 2.51. The van der Waals surface area contributed by atoms with Crippen LogP contribution >= 0.6 is 0 Å². The number of benzene rings is 12. The van der Waals surface area contributed by atoms with Crippen LogP contribution in [-0.2, 0) is 5.41 Å².